The van der Waals surface area contributed by atoms with E-state index in [0.717, 1.165) is 27.8 Å². The van der Waals surface area contributed by atoms with Crippen molar-refractivity contribution in [2.75, 3.05) is 4.90 Å². The highest BCUT2D eigenvalue weighted by atomic mass is 79.9. The smallest absolute Gasteiger partial charge is 0.239 e. The van der Waals surface area contributed by atoms with E-state index in [9.17, 15) is 9.59 Å². The molecule has 4 aliphatic rings. The van der Waals surface area contributed by atoms with Gasteiger partial charge in [0.2, 0.25) is 11.8 Å². The Morgan fingerprint density at radius 1 is 0.667 bits per heavy atom. The van der Waals surface area contributed by atoms with Crippen LogP contribution in [0.1, 0.15) is 27.8 Å². The molecule has 5 heteroatoms. The van der Waals surface area contributed by atoms with Gasteiger partial charge in [-0.3, -0.25) is 9.59 Å². The zero-order chi connectivity index (χ0) is 20.8. The number of rotatable bonds is 1. The highest BCUT2D eigenvalue weighted by Crippen LogP contribution is 2.70. The highest BCUT2D eigenvalue weighted by molar-refractivity contribution is 9.10. The third-order valence-corrected chi connectivity index (χ3v) is 9.64. The standard InChI is InChI=1S/C25H17Br2NO2/c1-14-8-2-7-13-19(14)28-22(29)20-21(23(28)30)25(27)16-10-4-3-9-15(16)24(20,26)17-11-5-6-12-18(17)25/h2-13,20-21H,1H3. The number of halogens is 2. The predicted octanol–water partition coefficient (Wildman–Crippen LogP) is 5.40. The van der Waals surface area contributed by atoms with Crippen LogP contribution >= 0.6 is 31.9 Å². The number of carbonyl (C=O) groups excluding carboxylic acids is 2. The molecule has 2 bridgehead atoms. The molecule has 1 saturated heterocycles. The van der Waals surface area contributed by atoms with Crippen molar-refractivity contribution in [3.63, 3.8) is 0 Å². The summed E-state index contributed by atoms with van der Waals surface area (Å²) in [5.74, 6) is -1.37. The number of benzene rings is 3. The van der Waals surface area contributed by atoms with E-state index >= 15 is 0 Å². The molecule has 2 atom stereocenters. The van der Waals surface area contributed by atoms with Gasteiger partial charge in [0.15, 0.2) is 0 Å². The maximum absolute atomic E-state index is 13.9. The Labute approximate surface area is 191 Å². The molecule has 0 aromatic heterocycles. The summed E-state index contributed by atoms with van der Waals surface area (Å²) in [6.07, 6.45) is 0. The van der Waals surface area contributed by atoms with E-state index in [2.05, 4.69) is 56.1 Å². The minimum absolute atomic E-state index is 0.149. The lowest BCUT2D eigenvalue weighted by molar-refractivity contribution is -0.122. The molecule has 1 fully saturated rings. The number of hydrogen-bond donors (Lipinski definition) is 0. The number of carbonyl (C=O) groups is 2. The molecule has 3 aliphatic carbocycles. The van der Waals surface area contributed by atoms with Crippen molar-refractivity contribution in [2.24, 2.45) is 11.8 Å². The summed E-state index contributed by atoms with van der Waals surface area (Å²) in [6, 6.07) is 23.8. The first-order valence-corrected chi connectivity index (χ1v) is 11.5. The normalized spacial score (nSPS) is 30.8. The lowest BCUT2D eigenvalue weighted by Gasteiger charge is -2.55. The quantitative estimate of drug-likeness (QED) is 0.317. The van der Waals surface area contributed by atoms with Crippen molar-refractivity contribution >= 4 is 49.4 Å². The molecule has 148 valence electrons. The third-order valence-electron chi connectivity index (χ3n) is 6.94. The van der Waals surface area contributed by atoms with E-state index in [1.165, 1.54) is 4.90 Å². The van der Waals surface area contributed by atoms with Gasteiger partial charge in [-0.2, -0.15) is 0 Å². The monoisotopic (exact) mass is 521 g/mol. The first-order chi connectivity index (χ1) is 14.4. The highest BCUT2D eigenvalue weighted by Gasteiger charge is 2.72. The van der Waals surface area contributed by atoms with Gasteiger partial charge in [-0.05, 0) is 40.8 Å². The molecule has 1 heterocycles. The second-order valence-electron chi connectivity index (χ2n) is 8.27. The Morgan fingerprint density at radius 2 is 1.03 bits per heavy atom. The number of para-hydroxylation sites is 1. The van der Waals surface area contributed by atoms with E-state index in [0.29, 0.717) is 5.69 Å². The topological polar surface area (TPSA) is 37.4 Å². The van der Waals surface area contributed by atoms with Crippen LogP contribution < -0.4 is 4.90 Å². The molecule has 0 saturated carbocycles. The van der Waals surface area contributed by atoms with Crippen LogP contribution in [0.25, 0.3) is 0 Å². The van der Waals surface area contributed by atoms with Gasteiger partial charge in [-0.25, -0.2) is 4.90 Å². The van der Waals surface area contributed by atoms with E-state index in [1.54, 1.807) is 0 Å². The molecular weight excluding hydrogens is 506 g/mol. The van der Waals surface area contributed by atoms with Crippen LogP contribution in [-0.4, -0.2) is 11.8 Å². The lowest BCUT2D eigenvalue weighted by atomic mass is 9.54. The Bertz CT molecular complexity index is 1150. The molecule has 2 unspecified atom stereocenters. The van der Waals surface area contributed by atoms with E-state index in [4.69, 9.17) is 0 Å². The minimum atomic E-state index is -0.745. The van der Waals surface area contributed by atoms with Crippen LogP contribution in [0.5, 0.6) is 0 Å². The van der Waals surface area contributed by atoms with Gasteiger partial charge in [-0.15, -0.1) is 0 Å². The van der Waals surface area contributed by atoms with Gasteiger partial charge in [0.1, 0.15) is 0 Å². The average molecular weight is 523 g/mol. The summed E-state index contributed by atoms with van der Waals surface area (Å²) < 4.78 is -1.49. The van der Waals surface area contributed by atoms with Crippen molar-refractivity contribution < 1.29 is 9.59 Å². The molecule has 3 aromatic rings. The number of nitrogens with zero attached hydrogens (tertiary/aromatic N) is 1. The molecule has 3 nitrogen and oxygen atoms in total. The summed E-state index contributed by atoms with van der Waals surface area (Å²) in [7, 11) is 0. The molecule has 2 amide bonds. The van der Waals surface area contributed by atoms with E-state index in [-0.39, 0.29) is 11.8 Å². The summed E-state index contributed by atoms with van der Waals surface area (Å²) in [5.41, 5.74) is 5.78. The fourth-order valence-corrected chi connectivity index (χ4v) is 8.02. The molecular formula is C25H17Br2NO2. The molecule has 1 aliphatic heterocycles. The zero-order valence-electron chi connectivity index (χ0n) is 16.1. The summed E-state index contributed by atoms with van der Waals surface area (Å²) in [4.78, 5) is 29.2. The lowest BCUT2D eigenvalue weighted by Crippen LogP contribution is -2.56. The zero-order valence-corrected chi connectivity index (χ0v) is 19.3. The number of hydrogen-bond acceptors (Lipinski definition) is 2. The largest absolute Gasteiger partial charge is 0.274 e. The second-order valence-corrected chi connectivity index (χ2v) is 10.8. The molecule has 3 aromatic carbocycles. The van der Waals surface area contributed by atoms with Crippen LogP contribution in [0.2, 0.25) is 0 Å². The Balaban J connectivity index is 1.68. The number of anilines is 1. The molecule has 7 rings (SSSR count). The van der Waals surface area contributed by atoms with Crippen LogP contribution in [-0.2, 0) is 18.2 Å². The van der Waals surface area contributed by atoms with Gasteiger partial charge < -0.3 is 0 Å². The van der Waals surface area contributed by atoms with Crippen LogP contribution in [0.4, 0.5) is 5.69 Å². The number of aryl methyl sites for hydroxylation is 1. The maximum Gasteiger partial charge on any atom is 0.239 e. The maximum atomic E-state index is 13.9. The molecule has 30 heavy (non-hydrogen) atoms. The first-order valence-electron chi connectivity index (χ1n) is 9.93. The Kier molecular flexibility index (Phi) is 3.66. The average Bonchev–Trinajstić information content (AvgIpc) is 3.04. The number of amides is 2. The van der Waals surface area contributed by atoms with Crippen molar-refractivity contribution in [1.82, 2.24) is 0 Å². The van der Waals surface area contributed by atoms with E-state index < -0.39 is 20.5 Å². The van der Waals surface area contributed by atoms with Gasteiger partial charge in [0.25, 0.3) is 0 Å². The van der Waals surface area contributed by atoms with Gasteiger partial charge >= 0.3 is 0 Å². The number of imide groups is 1. The Morgan fingerprint density at radius 3 is 1.43 bits per heavy atom. The SMILES string of the molecule is Cc1ccccc1N1C(=O)C2C(C1=O)C1(Br)c3ccccc3C2(Br)c2ccccc21. The molecule has 0 N–H and O–H groups in total. The van der Waals surface area contributed by atoms with Crippen molar-refractivity contribution in [2.45, 2.75) is 15.6 Å². The van der Waals surface area contributed by atoms with Crippen LogP contribution in [0.3, 0.4) is 0 Å². The predicted molar refractivity (Wildman–Crippen MR) is 123 cm³/mol. The van der Waals surface area contributed by atoms with Crippen LogP contribution in [0, 0.1) is 18.8 Å². The fraction of sp³-hybridized carbons (Fsp3) is 0.200. The second kappa shape index (κ2) is 5.92. The summed E-state index contributed by atoms with van der Waals surface area (Å²) in [6.45, 7) is 1.93. The molecule has 0 radical (unpaired) electrons. The number of alkyl halides is 2. The van der Waals surface area contributed by atoms with Gasteiger partial charge in [0.05, 0.1) is 26.2 Å². The fourth-order valence-electron chi connectivity index (χ4n) is 5.72. The molecule has 0 spiro atoms. The van der Waals surface area contributed by atoms with Crippen LogP contribution in [0.15, 0.2) is 72.8 Å². The van der Waals surface area contributed by atoms with Crippen molar-refractivity contribution in [3.8, 4) is 0 Å². The minimum Gasteiger partial charge on any atom is -0.274 e. The van der Waals surface area contributed by atoms with Crippen molar-refractivity contribution in [3.05, 3.63) is 101 Å². The summed E-state index contributed by atoms with van der Waals surface area (Å²) >= 11 is 8.05. The van der Waals surface area contributed by atoms with E-state index in [1.807, 2.05) is 55.5 Å². The summed E-state index contributed by atoms with van der Waals surface area (Å²) in [5, 5.41) is 0. The van der Waals surface area contributed by atoms with Crippen molar-refractivity contribution in [1.29, 1.82) is 0 Å². The first kappa shape index (κ1) is 18.5. The van der Waals surface area contributed by atoms with Gasteiger partial charge in [-0.1, -0.05) is 98.6 Å². The Hall–Kier alpha value is -2.24. The van der Waals surface area contributed by atoms with Gasteiger partial charge in [0, 0.05) is 0 Å². The third kappa shape index (κ3) is 1.92.